The van der Waals surface area contributed by atoms with Crippen molar-refractivity contribution in [1.82, 2.24) is 0 Å². The molecule has 0 amide bonds. The van der Waals surface area contributed by atoms with E-state index in [4.69, 9.17) is 4.84 Å². The smallest absolute Gasteiger partial charge is 0.388 e. The van der Waals surface area contributed by atoms with Gasteiger partial charge in [0.15, 0.2) is 0 Å². The van der Waals surface area contributed by atoms with E-state index in [0.29, 0.717) is 5.56 Å². The summed E-state index contributed by atoms with van der Waals surface area (Å²) in [5, 5.41) is 6.89. The van der Waals surface area contributed by atoms with Gasteiger partial charge in [0.25, 0.3) is 0 Å². The van der Waals surface area contributed by atoms with E-state index in [1.807, 2.05) is 24.3 Å². The number of halogens is 3. The van der Waals surface area contributed by atoms with Crippen LogP contribution in [0.15, 0.2) is 53.7 Å². The summed E-state index contributed by atoms with van der Waals surface area (Å²) in [6.45, 7) is 1.65. The van der Waals surface area contributed by atoms with Crippen molar-refractivity contribution >= 4 is 11.9 Å². The second kappa shape index (κ2) is 7.17. The monoisotopic (exact) mass is 322 g/mol. The molecule has 3 nitrogen and oxygen atoms in total. The molecule has 2 aromatic rings. The molecule has 0 radical (unpaired) electrons. The van der Waals surface area contributed by atoms with Gasteiger partial charge in [-0.15, -0.1) is 0 Å². The van der Waals surface area contributed by atoms with Crippen LogP contribution in [-0.4, -0.2) is 13.3 Å². The number of para-hydroxylation sites is 1. The van der Waals surface area contributed by atoms with Crippen LogP contribution in [0.4, 0.5) is 18.9 Å². The molecule has 0 aliphatic rings. The first-order valence-electron chi connectivity index (χ1n) is 7.05. The molecule has 2 rings (SSSR count). The van der Waals surface area contributed by atoms with Crippen molar-refractivity contribution in [3.8, 4) is 0 Å². The Hall–Kier alpha value is -2.50. The summed E-state index contributed by atoms with van der Waals surface area (Å²) < 4.78 is 38.1. The second-order valence-corrected chi connectivity index (χ2v) is 4.94. The number of hydrogen-bond donors (Lipinski definition) is 1. The first-order chi connectivity index (χ1) is 10.9. The number of rotatable bonds is 5. The lowest BCUT2D eigenvalue weighted by molar-refractivity contribution is -0.137. The highest BCUT2D eigenvalue weighted by Crippen LogP contribution is 2.31. The first kappa shape index (κ1) is 16.9. The predicted octanol–water partition coefficient (Wildman–Crippen LogP) is 4.86. The van der Waals surface area contributed by atoms with Crippen molar-refractivity contribution in [2.24, 2.45) is 5.16 Å². The third-order valence-electron chi connectivity index (χ3n) is 3.32. The Morgan fingerprint density at radius 2 is 1.87 bits per heavy atom. The zero-order chi connectivity index (χ0) is 16.9. The lowest BCUT2D eigenvalue weighted by Gasteiger charge is -2.13. The molecule has 2 aromatic carbocycles. The number of alkyl halides is 3. The number of nitrogens with one attached hydrogen (secondary N) is 1. The molecule has 0 heterocycles. The van der Waals surface area contributed by atoms with Gasteiger partial charge in [0.1, 0.15) is 6.10 Å². The topological polar surface area (TPSA) is 33.6 Å². The van der Waals surface area contributed by atoms with E-state index in [-0.39, 0.29) is 0 Å². The van der Waals surface area contributed by atoms with Crippen LogP contribution >= 0.6 is 0 Å². The van der Waals surface area contributed by atoms with Gasteiger partial charge in [-0.05, 0) is 30.7 Å². The number of oxime groups is 1. The lowest BCUT2D eigenvalue weighted by atomic mass is 10.1. The summed E-state index contributed by atoms with van der Waals surface area (Å²) in [5.41, 5.74) is 1.42. The fourth-order valence-corrected chi connectivity index (χ4v) is 2.04. The maximum Gasteiger partial charge on any atom is 0.416 e. The van der Waals surface area contributed by atoms with E-state index in [2.05, 4.69) is 10.5 Å². The van der Waals surface area contributed by atoms with Crippen molar-refractivity contribution in [1.29, 1.82) is 0 Å². The Balaban J connectivity index is 2.08. The van der Waals surface area contributed by atoms with Gasteiger partial charge < -0.3 is 10.2 Å². The number of hydrogen-bond acceptors (Lipinski definition) is 3. The van der Waals surface area contributed by atoms with Crippen LogP contribution in [0.3, 0.4) is 0 Å². The lowest BCUT2D eigenvalue weighted by Crippen LogP contribution is -2.06. The molecule has 0 aliphatic heterocycles. The van der Waals surface area contributed by atoms with E-state index in [9.17, 15) is 13.2 Å². The number of anilines is 1. The average molecular weight is 322 g/mol. The molecule has 122 valence electrons. The molecular weight excluding hydrogens is 305 g/mol. The zero-order valence-electron chi connectivity index (χ0n) is 12.8. The summed E-state index contributed by atoms with van der Waals surface area (Å²) in [7, 11) is 1.79. The van der Waals surface area contributed by atoms with Crippen molar-refractivity contribution in [2.45, 2.75) is 19.2 Å². The molecule has 0 aromatic heterocycles. The van der Waals surface area contributed by atoms with Crippen LogP contribution in [-0.2, 0) is 11.0 Å². The van der Waals surface area contributed by atoms with Crippen molar-refractivity contribution in [3.63, 3.8) is 0 Å². The first-order valence-corrected chi connectivity index (χ1v) is 7.05. The normalized spacial score (nSPS) is 13.1. The Labute approximate surface area is 132 Å². The van der Waals surface area contributed by atoms with Crippen LogP contribution in [0.2, 0.25) is 0 Å². The quantitative estimate of drug-likeness (QED) is 0.630. The minimum absolute atomic E-state index is 0.416. The molecule has 0 saturated carbocycles. The summed E-state index contributed by atoms with van der Waals surface area (Å²) in [6, 6.07) is 12.5. The maximum atomic E-state index is 12.7. The molecule has 1 atom stereocenters. The Bertz CT molecular complexity index is 684. The third-order valence-corrected chi connectivity index (χ3v) is 3.32. The molecule has 0 saturated heterocycles. The predicted molar refractivity (Wildman–Crippen MR) is 84.5 cm³/mol. The van der Waals surface area contributed by atoms with Gasteiger partial charge >= 0.3 is 6.18 Å². The van der Waals surface area contributed by atoms with Gasteiger partial charge in [0.2, 0.25) is 0 Å². The van der Waals surface area contributed by atoms with Crippen LogP contribution in [0.25, 0.3) is 0 Å². The van der Waals surface area contributed by atoms with E-state index in [0.717, 1.165) is 23.4 Å². The van der Waals surface area contributed by atoms with Gasteiger partial charge in [0.05, 0.1) is 11.8 Å². The molecule has 6 heteroatoms. The maximum absolute atomic E-state index is 12.7. The molecule has 23 heavy (non-hydrogen) atoms. The van der Waals surface area contributed by atoms with Crippen molar-refractivity contribution in [3.05, 3.63) is 65.2 Å². The highest BCUT2D eigenvalue weighted by molar-refractivity contribution is 5.87. The van der Waals surface area contributed by atoms with E-state index < -0.39 is 17.8 Å². The SMILES string of the molecule is CNc1ccccc1/C=N/OC(C)c1cccc(C(F)(F)F)c1. The molecule has 1 unspecified atom stereocenters. The standard InChI is InChI=1S/C17H17F3N2O/c1-12(13-7-5-8-15(10-13)17(18,19)20)23-22-11-14-6-3-4-9-16(14)21-2/h3-12,21H,1-2H3/b22-11+. The van der Waals surface area contributed by atoms with Crippen LogP contribution in [0, 0.1) is 0 Å². The fourth-order valence-electron chi connectivity index (χ4n) is 2.04. The van der Waals surface area contributed by atoms with Gasteiger partial charge in [0, 0.05) is 18.3 Å². The van der Waals surface area contributed by atoms with E-state index >= 15 is 0 Å². The zero-order valence-corrected chi connectivity index (χ0v) is 12.8. The van der Waals surface area contributed by atoms with Gasteiger partial charge in [-0.2, -0.15) is 13.2 Å². The fraction of sp³-hybridized carbons (Fsp3) is 0.235. The summed E-state index contributed by atoms with van der Waals surface area (Å²) in [4.78, 5) is 5.27. The number of nitrogens with zero attached hydrogens (tertiary/aromatic N) is 1. The van der Waals surface area contributed by atoms with Crippen molar-refractivity contribution < 1.29 is 18.0 Å². The van der Waals surface area contributed by atoms with Crippen LogP contribution < -0.4 is 5.32 Å². The summed E-state index contributed by atoms with van der Waals surface area (Å²) in [5.74, 6) is 0. The minimum Gasteiger partial charge on any atom is -0.388 e. The molecule has 0 fully saturated rings. The molecule has 0 bridgehead atoms. The van der Waals surface area contributed by atoms with Gasteiger partial charge in [-0.25, -0.2) is 0 Å². The largest absolute Gasteiger partial charge is 0.416 e. The molecule has 1 N–H and O–H groups in total. The highest BCUT2D eigenvalue weighted by atomic mass is 19.4. The highest BCUT2D eigenvalue weighted by Gasteiger charge is 2.30. The van der Waals surface area contributed by atoms with Gasteiger partial charge in [-0.3, -0.25) is 0 Å². The Kier molecular flexibility index (Phi) is 5.26. The number of benzene rings is 2. The Morgan fingerprint density at radius 1 is 1.13 bits per heavy atom. The molecular formula is C17H17F3N2O. The van der Waals surface area contributed by atoms with E-state index in [1.165, 1.54) is 12.3 Å². The van der Waals surface area contributed by atoms with Crippen molar-refractivity contribution in [2.75, 3.05) is 12.4 Å². The summed E-state index contributed by atoms with van der Waals surface area (Å²) in [6.07, 6.45) is -3.43. The second-order valence-electron chi connectivity index (χ2n) is 4.94. The summed E-state index contributed by atoms with van der Waals surface area (Å²) >= 11 is 0. The van der Waals surface area contributed by atoms with Crippen LogP contribution in [0.5, 0.6) is 0 Å². The molecule has 0 spiro atoms. The average Bonchev–Trinajstić information content (AvgIpc) is 2.54. The van der Waals surface area contributed by atoms with E-state index in [1.54, 1.807) is 20.0 Å². The molecule has 0 aliphatic carbocycles. The van der Waals surface area contributed by atoms with Crippen LogP contribution in [0.1, 0.15) is 29.7 Å². The van der Waals surface area contributed by atoms with Gasteiger partial charge in [-0.1, -0.05) is 35.5 Å². The minimum atomic E-state index is -4.37. The third kappa shape index (κ3) is 4.48. The Morgan fingerprint density at radius 3 is 2.57 bits per heavy atom.